The number of carbonyl (C=O) groups excluding carboxylic acids is 1. The van der Waals surface area contributed by atoms with Crippen molar-refractivity contribution in [3.8, 4) is 0 Å². The lowest BCUT2D eigenvalue weighted by Gasteiger charge is -2.21. The molecule has 0 aliphatic heterocycles. The van der Waals surface area contributed by atoms with Crippen LogP contribution in [0.2, 0.25) is 0 Å². The van der Waals surface area contributed by atoms with E-state index in [0.717, 1.165) is 5.56 Å². The molecule has 1 aromatic rings. The molecule has 0 saturated carbocycles. The summed E-state index contributed by atoms with van der Waals surface area (Å²) in [4.78, 5) is 13.4. The van der Waals surface area contributed by atoms with Crippen molar-refractivity contribution in [2.45, 2.75) is 19.4 Å². The average molecular weight is 239 g/mol. The van der Waals surface area contributed by atoms with Crippen LogP contribution in [0.4, 0.5) is 4.39 Å². The van der Waals surface area contributed by atoms with Gasteiger partial charge in [0.1, 0.15) is 11.9 Å². The molecule has 1 aromatic carbocycles. The zero-order valence-corrected chi connectivity index (χ0v) is 10.7. The highest BCUT2D eigenvalue weighted by molar-refractivity contribution is 5.76. The van der Waals surface area contributed by atoms with E-state index in [1.807, 2.05) is 14.1 Å². The molecule has 0 aliphatic carbocycles. The maximum atomic E-state index is 13.1. The Morgan fingerprint density at radius 3 is 2.59 bits per heavy atom. The van der Waals surface area contributed by atoms with Gasteiger partial charge in [0.2, 0.25) is 0 Å². The zero-order chi connectivity index (χ0) is 13.0. The van der Waals surface area contributed by atoms with Gasteiger partial charge in [-0.1, -0.05) is 12.1 Å². The fourth-order valence-electron chi connectivity index (χ4n) is 1.67. The molecule has 0 radical (unpaired) electrons. The summed E-state index contributed by atoms with van der Waals surface area (Å²) in [6.07, 6.45) is 0.515. The van der Waals surface area contributed by atoms with Gasteiger partial charge in [-0.3, -0.25) is 9.69 Å². The molecule has 4 heteroatoms. The van der Waals surface area contributed by atoms with Gasteiger partial charge in [0.15, 0.2) is 0 Å². The van der Waals surface area contributed by atoms with Crippen LogP contribution in [0.1, 0.15) is 11.1 Å². The molecular weight excluding hydrogens is 221 g/mol. The summed E-state index contributed by atoms with van der Waals surface area (Å²) < 4.78 is 17.9. The third-order valence-corrected chi connectivity index (χ3v) is 2.75. The number of hydrogen-bond donors (Lipinski definition) is 0. The largest absolute Gasteiger partial charge is 0.468 e. The van der Waals surface area contributed by atoms with Gasteiger partial charge < -0.3 is 4.74 Å². The van der Waals surface area contributed by atoms with E-state index in [1.165, 1.54) is 13.2 Å². The van der Waals surface area contributed by atoms with E-state index in [-0.39, 0.29) is 17.8 Å². The topological polar surface area (TPSA) is 29.5 Å². The van der Waals surface area contributed by atoms with Crippen molar-refractivity contribution in [1.29, 1.82) is 0 Å². The number of nitrogens with zero attached hydrogens (tertiary/aromatic N) is 1. The van der Waals surface area contributed by atoms with E-state index in [1.54, 1.807) is 24.0 Å². The molecule has 1 atom stereocenters. The van der Waals surface area contributed by atoms with E-state index >= 15 is 0 Å². The fourth-order valence-corrected chi connectivity index (χ4v) is 1.67. The first-order valence-corrected chi connectivity index (χ1v) is 5.45. The summed E-state index contributed by atoms with van der Waals surface area (Å²) in [6, 6.07) is 4.54. The number of rotatable bonds is 4. The average Bonchev–Trinajstić information content (AvgIpc) is 2.29. The van der Waals surface area contributed by atoms with E-state index in [9.17, 15) is 9.18 Å². The zero-order valence-electron chi connectivity index (χ0n) is 10.7. The number of methoxy groups -OCH3 is 1. The van der Waals surface area contributed by atoms with Crippen molar-refractivity contribution in [1.82, 2.24) is 4.90 Å². The van der Waals surface area contributed by atoms with Crippen LogP contribution in [0, 0.1) is 12.7 Å². The molecule has 0 N–H and O–H groups in total. The minimum Gasteiger partial charge on any atom is -0.468 e. The Kier molecular flexibility index (Phi) is 4.63. The van der Waals surface area contributed by atoms with Crippen LogP contribution >= 0.6 is 0 Å². The number of carbonyl (C=O) groups is 1. The van der Waals surface area contributed by atoms with Crippen LogP contribution in [0.15, 0.2) is 18.2 Å². The summed E-state index contributed by atoms with van der Waals surface area (Å²) >= 11 is 0. The Hall–Kier alpha value is -1.42. The molecule has 0 bridgehead atoms. The molecule has 17 heavy (non-hydrogen) atoms. The highest BCUT2D eigenvalue weighted by atomic mass is 19.1. The van der Waals surface area contributed by atoms with Gasteiger partial charge in [-0.25, -0.2) is 4.39 Å². The van der Waals surface area contributed by atoms with Gasteiger partial charge in [0.05, 0.1) is 7.11 Å². The van der Waals surface area contributed by atoms with Crippen molar-refractivity contribution in [3.05, 3.63) is 35.1 Å². The van der Waals surface area contributed by atoms with Crippen LogP contribution in [-0.2, 0) is 16.0 Å². The first-order chi connectivity index (χ1) is 7.95. The van der Waals surface area contributed by atoms with Gasteiger partial charge in [-0.05, 0) is 44.6 Å². The standard InChI is InChI=1S/C13H18FNO2/c1-9-7-10(5-6-11(9)14)8-12(15(2)3)13(16)17-4/h5-7,12H,8H2,1-4H3. The summed E-state index contributed by atoms with van der Waals surface area (Å²) in [5, 5.41) is 0. The number of esters is 1. The Morgan fingerprint density at radius 1 is 1.47 bits per heavy atom. The monoisotopic (exact) mass is 239 g/mol. The van der Waals surface area contributed by atoms with Gasteiger partial charge in [0.25, 0.3) is 0 Å². The van der Waals surface area contributed by atoms with Gasteiger partial charge >= 0.3 is 5.97 Å². The second kappa shape index (κ2) is 5.77. The highest BCUT2D eigenvalue weighted by Crippen LogP contribution is 2.13. The van der Waals surface area contributed by atoms with Crippen molar-refractivity contribution >= 4 is 5.97 Å². The minimum absolute atomic E-state index is 0.228. The van der Waals surface area contributed by atoms with Crippen LogP contribution in [0.5, 0.6) is 0 Å². The van der Waals surface area contributed by atoms with Crippen LogP contribution < -0.4 is 0 Å². The first kappa shape index (κ1) is 13.6. The predicted octanol–water partition coefficient (Wildman–Crippen LogP) is 1.78. The van der Waals surface area contributed by atoms with Crippen LogP contribution in [0.3, 0.4) is 0 Å². The molecule has 0 aromatic heterocycles. The van der Waals surface area contributed by atoms with Crippen LogP contribution in [-0.4, -0.2) is 38.1 Å². The van der Waals surface area contributed by atoms with Crippen molar-refractivity contribution in [3.63, 3.8) is 0 Å². The summed E-state index contributed by atoms with van der Waals surface area (Å²) in [5.74, 6) is -0.509. The maximum absolute atomic E-state index is 13.1. The third kappa shape index (κ3) is 3.53. The summed E-state index contributed by atoms with van der Waals surface area (Å²) in [7, 11) is 5.00. The number of benzene rings is 1. The first-order valence-electron chi connectivity index (χ1n) is 5.45. The number of halogens is 1. The molecule has 0 amide bonds. The van der Waals surface area contributed by atoms with E-state index < -0.39 is 0 Å². The Morgan fingerprint density at radius 2 is 2.12 bits per heavy atom. The van der Waals surface area contributed by atoms with Gasteiger partial charge in [0, 0.05) is 0 Å². The molecule has 3 nitrogen and oxygen atoms in total. The predicted molar refractivity (Wildman–Crippen MR) is 64.3 cm³/mol. The molecule has 0 saturated heterocycles. The third-order valence-electron chi connectivity index (χ3n) is 2.75. The number of ether oxygens (including phenoxy) is 1. The van der Waals surface area contributed by atoms with Crippen molar-refractivity contribution in [2.75, 3.05) is 21.2 Å². The lowest BCUT2D eigenvalue weighted by atomic mass is 10.0. The van der Waals surface area contributed by atoms with Gasteiger partial charge in [-0.15, -0.1) is 0 Å². The van der Waals surface area contributed by atoms with E-state index in [0.29, 0.717) is 12.0 Å². The second-order valence-electron chi connectivity index (χ2n) is 4.29. The van der Waals surface area contributed by atoms with E-state index in [2.05, 4.69) is 0 Å². The smallest absolute Gasteiger partial charge is 0.323 e. The SMILES string of the molecule is COC(=O)C(Cc1ccc(F)c(C)c1)N(C)C. The molecule has 1 rings (SSSR count). The lowest BCUT2D eigenvalue weighted by Crippen LogP contribution is -2.38. The Balaban J connectivity index is 2.86. The quantitative estimate of drug-likeness (QED) is 0.750. The van der Waals surface area contributed by atoms with Crippen molar-refractivity contribution < 1.29 is 13.9 Å². The van der Waals surface area contributed by atoms with Gasteiger partial charge in [-0.2, -0.15) is 0 Å². The number of aryl methyl sites for hydroxylation is 1. The highest BCUT2D eigenvalue weighted by Gasteiger charge is 2.21. The molecule has 0 fully saturated rings. The fraction of sp³-hybridized carbons (Fsp3) is 0.462. The Labute approximate surface area is 101 Å². The normalized spacial score (nSPS) is 12.6. The maximum Gasteiger partial charge on any atom is 0.323 e. The lowest BCUT2D eigenvalue weighted by molar-refractivity contribution is -0.145. The van der Waals surface area contributed by atoms with Crippen molar-refractivity contribution in [2.24, 2.45) is 0 Å². The molecule has 94 valence electrons. The molecule has 1 unspecified atom stereocenters. The Bertz CT molecular complexity index is 404. The molecule has 0 heterocycles. The summed E-state index contributed by atoms with van der Waals surface area (Å²) in [6.45, 7) is 1.71. The van der Waals surface area contributed by atoms with Crippen LogP contribution in [0.25, 0.3) is 0 Å². The number of likely N-dealkylation sites (N-methyl/N-ethyl adjacent to an activating group) is 1. The molecule has 0 spiro atoms. The van der Waals surface area contributed by atoms with E-state index in [4.69, 9.17) is 4.74 Å². The minimum atomic E-state index is -0.343. The molecule has 0 aliphatic rings. The second-order valence-corrected chi connectivity index (χ2v) is 4.29. The molecular formula is C13H18FNO2. The number of hydrogen-bond acceptors (Lipinski definition) is 3. The summed E-state index contributed by atoms with van der Waals surface area (Å²) in [5.41, 5.74) is 1.51.